The van der Waals surface area contributed by atoms with Gasteiger partial charge in [0, 0.05) is 0 Å². The molecule has 0 aliphatic heterocycles. The molecule has 1 unspecified atom stereocenters. The molecule has 5 nitrogen and oxygen atoms in total. The van der Waals surface area contributed by atoms with E-state index in [0.717, 1.165) is 4.88 Å². The summed E-state index contributed by atoms with van der Waals surface area (Å²) in [5.74, 6) is 1.34. The molecule has 1 fully saturated rings. The first-order valence-electron chi connectivity index (χ1n) is 10.2. The second kappa shape index (κ2) is 12.4. The molecular weight excluding hydrogens is 423 g/mol. The maximum atomic E-state index is 10.6. The standard InChI is InChI=1S/C22H30BClO5S/c1-14-19(24)11-22(30-14)29-13-16(25)8-9-17-15(12-23)10-20(26)18(17)6-4-2-3-5-7-21(27)28/h2,4,8-9,11-12,15-18,20,23,25-26H,3,5-7,10,13H2,1H3,(H,27,28)/b4-2-,9-8+/t15-,16+,17-,18+,20?/m0/s1. The molecule has 0 aromatic carbocycles. The van der Waals surface area contributed by atoms with Crippen molar-refractivity contribution in [2.75, 3.05) is 6.61 Å². The number of aryl methyl sites for hydroxylation is 1. The van der Waals surface area contributed by atoms with Gasteiger partial charge in [-0.1, -0.05) is 0 Å². The summed E-state index contributed by atoms with van der Waals surface area (Å²) in [5.41, 5.74) is 0. The van der Waals surface area contributed by atoms with E-state index in [1.54, 1.807) is 12.1 Å². The Kier molecular flexibility index (Phi) is 10.3. The number of hydrogen-bond acceptors (Lipinski definition) is 5. The predicted octanol–water partition coefficient (Wildman–Crippen LogP) is 3.52. The van der Waals surface area contributed by atoms with E-state index in [2.05, 4.69) is 7.49 Å². The fourth-order valence-electron chi connectivity index (χ4n) is 3.77. The van der Waals surface area contributed by atoms with Gasteiger partial charge in [0.05, 0.1) is 0 Å². The molecular formula is C22H30BClO5S. The van der Waals surface area contributed by atoms with E-state index >= 15 is 0 Å². The monoisotopic (exact) mass is 452 g/mol. The SMILES string of the molecule is B=C[C@@H]1CC(O)[C@H](C/C=C\CCCC(=O)O)[C@H]1/C=C/[C@@H](O)COc1cc(Cl)c(C)s1. The van der Waals surface area contributed by atoms with Gasteiger partial charge in [-0.25, -0.2) is 0 Å². The first-order valence-corrected chi connectivity index (χ1v) is 11.4. The van der Waals surface area contributed by atoms with Gasteiger partial charge >= 0.3 is 188 Å². The zero-order valence-electron chi connectivity index (χ0n) is 17.2. The third-order valence-corrected chi connectivity index (χ3v) is 6.89. The maximum absolute atomic E-state index is 10.6. The molecule has 8 heteroatoms. The van der Waals surface area contributed by atoms with Crippen LogP contribution < -0.4 is 4.74 Å². The molecule has 0 spiro atoms. The van der Waals surface area contributed by atoms with Crippen LogP contribution in [0.3, 0.4) is 0 Å². The van der Waals surface area contributed by atoms with Gasteiger partial charge in [0.25, 0.3) is 0 Å². The summed E-state index contributed by atoms with van der Waals surface area (Å²) < 4.78 is 5.62. The summed E-state index contributed by atoms with van der Waals surface area (Å²) >= 11 is 7.47. The molecule has 1 aliphatic rings. The van der Waals surface area contributed by atoms with Crippen LogP contribution in [0.15, 0.2) is 30.4 Å². The van der Waals surface area contributed by atoms with Crippen LogP contribution in [-0.2, 0) is 4.79 Å². The van der Waals surface area contributed by atoms with Crippen molar-refractivity contribution < 1.29 is 24.9 Å². The molecule has 0 saturated heterocycles. The summed E-state index contributed by atoms with van der Waals surface area (Å²) in [6.45, 7) is 2.05. The summed E-state index contributed by atoms with van der Waals surface area (Å²) in [6.07, 6.45) is 9.33. The number of hydrogen-bond donors (Lipinski definition) is 3. The topological polar surface area (TPSA) is 87.0 Å². The number of unbranched alkanes of at least 4 members (excludes halogenated alkanes) is 1. The Morgan fingerprint density at radius 2 is 2.23 bits per heavy atom. The number of thiophene rings is 1. The number of carboxylic acid groups (broad SMARTS) is 1. The van der Waals surface area contributed by atoms with E-state index in [-0.39, 0.29) is 30.8 Å². The number of aliphatic hydroxyl groups is 2. The van der Waals surface area contributed by atoms with Gasteiger partial charge in [-0.05, 0) is 0 Å². The molecule has 1 aromatic heterocycles. The van der Waals surface area contributed by atoms with Crippen LogP contribution in [0.1, 0.15) is 37.0 Å². The average Bonchev–Trinajstić information content (AvgIpc) is 3.19. The molecule has 164 valence electrons. The molecule has 5 atom stereocenters. The molecule has 3 N–H and O–H groups in total. The van der Waals surface area contributed by atoms with Crippen LogP contribution in [0.2, 0.25) is 5.02 Å². The summed E-state index contributed by atoms with van der Waals surface area (Å²) in [4.78, 5) is 11.5. The summed E-state index contributed by atoms with van der Waals surface area (Å²) in [7, 11) is 3.90. The Hall–Kier alpha value is -1.41. The van der Waals surface area contributed by atoms with Crippen LogP contribution in [0, 0.1) is 24.7 Å². The van der Waals surface area contributed by atoms with Gasteiger partial charge in [0.2, 0.25) is 0 Å². The van der Waals surface area contributed by atoms with Gasteiger partial charge in [-0.15, -0.1) is 0 Å². The summed E-state index contributed by atoms with van der Waals surface area (Å²) in [5, 5.41) is 30.8. The van der Waals surface area contributed by atoms with E-state index in [0.29, 0.717) is 35.8 Å². The fraction of sp³-hybridized carbons (Fsp3) is 0.545. The number of ether oxygens (including phenoxy) is 1. The Balaban J connectivity index is 1.89. The van der Waals surface area contributed by atoms with Crippen molar-refractivity contribution in [1.29, 1.82) is 0 Å². The predicted molar refractivity (Wildman–Crippen MR) is 124 cm³/mol. The molecule has 1 aliphatic carbocycles. The molecule has 0 radical (unpaired) electrons. The molecule has 0 bridgehead atoms. The molecule has 30 heavy (non-hydrogen) atoms. The van der Waals surface area contributed by atoms with Gasteiger partial charge in [0.15, 0.2) is 0 Å². The van der Waals surface area contributed by atoms with Crippen molar-refractivity contribution in [1.82, 2.24) is 0 Å². The third-order valence-electron chi connectivity index (χ3n) is 5.42. The van der Waals surface area contributed by atoms with Crippen molar-refractivity contribution >= 4 is 42.4 Å². The quantitative estimate of drug-likeness (QED) is 0.257. The zero-order valence-corrected chi connectivity index (χ0v) is 18.8. The number of halogens is 1. The Bertz CT molecular complexity index is 743. The van der Waals surface area contributed by atoms with Crippen molar-refractivity contribution in [2.45, 2.75) is 51.2 Å². The molecule has 1 aromatic rings. The van der Waals surface area contributed by atoms with Crippen LogP contribution >= 0.6 is 22.9 Å². The Morgan fingerprint density at radius 1 is 1.47 bits per heavy atom. The van der Waals surface area contributed by atoms with E-state index < -0.39 is 18.2 Å². The minimum absolute atomic E-state index is 0.0341. The van der Waals surface area contributed by atoms with Crippen molar-refractivity contribution in [3.05, 3.63) is 40.3 Å². The van der Waals surface area contributed by atoms with E-state index in [1.807, 2.05) is 31.1 Å². The number of allylic oxidation sites excluding steroid dienone is 3. The number of rotatable bonds is 12. The number of aliphatic carboxylic acids is 1. The van der Waals surface area contributed by atoms with Crippen LogP contribution in [0.25, 0.3) is 0 Å². The minimum atomic E-state index is -0.784. The van der Waals surface area contributed by atoms with E-state index in [4.69, 9.17) is 21.4 Å². The van der Waals surface area contributed by atoms with Gasteiger partial charge < -0.3 is 0 Å². The molecule has 0 amide bonds. The van der Waals surface area contributed by atoms with Crippen molar-refractivity contribution in [3.63, 3.8) is 0 Å². The van der Waals surface area contributed by atoms with Crippen LogP contribution in [-0.4, -0.2) is 53.6 Å². The number of carboxylic acids is 1. The average molecular weight is 453 g/mol. The Labute approximate surface area is 188 Å². The van der Waals surface area contributed by atoms with Crippen LogP contribution in [0.4, 0.5) is 0 Å². The van der Waals surface area contributed by atoms with Gasteiger partial charge in [0.1, 0.15) is 0 Å². The van der Waals surface area contributed by atoms with Crippen LogP contribution in [0.5, 0.6) is 5.06 Å². The fourth-order valence-corrected chi connectivity index (χ4v) is 4.81. The normalized spacial score (nSPS) is 25.2. The first-order chi connectivity index (χ1) is 14.3. The van der Waals surface area contributed by atoms with E-state index in [9.17, 15) is 15.0 Å². The van der Waals surface area contributed by atoms with Gasteiger partial charge in [-0.3, -0.25) is 0 Å². The molecule has 2 rings (SSSR count). The van der Waals surface area contributed by atoms with Gasteiger partial charge in [-0.2, -0.15) is 0 Å². The third kappa shape index (κ3) is 7.69. The number of aliphatic hydroxyl groups excluding tert-OH is 2. The van der Waals surface area contributed by atoms with E-state index in [1.165, 1.54) is 11.3 Å². The Morgan fingerprint density at radius 3 is 2.87 bits per heavy atom. The zero-order chi connectivity index (χ0) is 22.1. The molecule has 1 heterocycles. The first kappa shape index (κ1) is 24.9. The summed E-state index contributed by atoms with van der Waals surface area (Å²) in [6, 6.07) is 1.75. The second-order valence-corrected chi connectivity index (χ2v) is 9.30. The van der Waals surface area contributed by atoms with Crippen molar-refractivity contribution in [3.8, 4) is 5.06 Å². The second-order valence-electron chi connectivity index (χ2n) is 7.67. The van der Waals surface area contributed by atoms with Crippen molar-refractivity contribution in [2.24, 2.45) is 17.8 Å². The molecule has 1 saturated carbocycles. The number of carbonyl (C=O) groups is 1.